The molecule has 0 saturated carbocycles. The molecule has 0 aromatic carbocycles. The van der Waals surface area contributed by atoms with Gasteiger partial charge in [0.2, 0.25) is 0 Å². The molecule has 0 aliphatic rings. The predicted molar refractivity (Wildman–Crippen MR) is 48.4 cm³/mol. The fourth-order valence-corrected chi connectivity index (χ4v) is 0.782. The van der Waals surface area contributed by atoms with Crippen LogP contribution < -0.4 is 5.32 Å². The normalized spacial score (nSPS) is 9.27. The quantitative estimate of drug-likeness (QED) is 0.732. The van der Waals surface area contributed by atoms with Gasteiger partial charge in [0.1, 0.15) is 0 Å². The third-order valence-corrected chi connectivity index (χ3v) is 1.27. The van der Waals surface area contributed by atoms with E-state index in [-0.39, 0.29) is 40.1 Å². The summed E-state index contributed by atoms with van der Waals surface area (Å²) in [4.78, 5) is 0. The first-order valence-corrected chi connectivity index (χ1v) is 3.55. The third kappa shape index (κ3) is 11.1. The van der Waals surface area contributed by atoms with E-state index in [4.69, 9.17) is 0 Å². The molecule has 0 rings (SSSR count). The SMILES string of the molecule is [CH2-]CC(C[CH2-])NC(C)C.[CH3-].[Y+3]. The van der Waals surface area contributed by atoms with E-state index in [2.05, 4.69) is 33.0 Å². The third-order valence-electron chi connectivity index (χ3n) is 1.27. The molecule has 0 saturated heterocycles. The van der Waals surface area contributed by atoms with Crippen molar-refractivity contribution in [2.24, 2.45) is 0 Å². The molecule has 1 nitrogen and oxygen atoms in total. The number of hydrogen-bond donors (Lipinski definition) is 1. The maximum absolute atomic E-state index is 3.81. The number of hydrogen-bond acceptors (Lipinski definition) is 1. The molecule has 0 unspecified atom stereocenters. The molecule has 0 aromatic heterocycles. The van der Waals surface area contributed by atoms with Crippen molar-refractivity contribution in [2.75, 3.05) is 0 Å². The van der Waals surface area contributed by atoms with Crippen molar-refractivity contribution in [2.45, 2.75) is 38.8 Å². The van der Waals surface area contributed by atoms with E-state index in [1.54, 1.807) is 0 Å². The van der Waals surface area contributed by atoms with Crippen molar-refractivity contribution in [1.82, 2.24) is 5.32 Å². The molecular weight excluding hydrogens is 211 g/mol. The van der Waals surface area contributed by atoms with Crippen molar-refractivity contribution in [3.8, 4) is 0 Å². The summed E-state index contributed by atoms with van der Waals surface area (Å²) in [6, 6.07) is 1.06. The van der Waals surface area contributed by atoms with Gasteiger partial charge in [-0.15, -0.1) is 0 Å². The molecule has 0 aliphatic heterocycles. The van der Waals surface area contributed by atoms with E-state index in [0.717, 1.165) is 12.8 Å². The Kier molecular flexibility index (Phi) is 18.1. The van der Waals surface area contributed by atoms with Crippen molar-refractivity contribution in [1.29, 1.82) is 0 Å². The summed E-state index contributed by atoms with van der Waals surface area (Å²) in [7, 11) is 0. The van der Waals surface area contributed by atoms with Crippen LogP contribution in [0.25, 0.3) is 0 Å². The van der Waals surface area contributed by atoms with Crippen molar-refractivity contribution in [3.05, 3.63) is 21.3 Å². The number of rotatable bonds is 4. The fraction of sp³-hybridized carbons (Fsp3) is 0.667. The van der Waals surface area contributed by atoms with Gasteiger partial charge in [-0.05, 0) is 6.04 Å². The van der Waals surface area contributed by atoms with Crippen molar-refractivity contribution in [3.63, 3.8) is 0 Å². The Labute approximate surface area is 97.6 Å². The number of nitrogens with one attached hydrogen (secondary N) is 1. The van der Waals surface area contributed by atoms with Gasteiger partial charge in [0.25, 0.3) is 0 Å². The molecule has 0 aliphatic carbocycles. The molecule has 0 atom stereocenters. The Hall–Kier alpha value is 1.06. The van der Waals surface area contributed by atoms with Crippen LogP contribution in [-0.4, -0.2) is 12.1 Å². The van der Waals surface area contributed by atoms with Gasteiger partial charge in [-0.25, -0.2) is 0 Å². The summed E-state index contributed by atoms with van der Waals surface area (Å²) < 4.78 is 0. The monoisotopic (exact) mass is 231 g/mol. The van der Waals surface area contributed by atoms with E-state index in [1.165, 1.54) is 0 Å². The Bertz CT molecular complexity index is 60.6. The molecule has 0 radical (unpaired) electrons. The molecule has 1 N–H and O–H groups in total. The molecule has 64 valence electrons. The minimum atomic E-state index is 0. The van der Waals surface area contributed by atoms with E-state index in [0.29, 0.717) is 12.1 Å². The zero-order chi connectivity index (χ0) is 7.28. The van der Waals surface area contributed by atoms with E-state index < -0.39 is 0 Å². The van der Waals surface area contributed by atoms with Crippen LogP contribution in [0.5, 0.6) is 0 Å². The topological polar surface area (TPSA) is 12.0 Å². The van der Waals surface area contributed by atoms with Crippen molar-refractivity contribution >= 4 is 0 Å². The van der Waals surface area contributed by atoms with Crippen LogP contribution in [0.2, 0.25) is 0 Å². The first-order chi connectivity index (χ1) is 4.20. The Balaban J connectivity index is -0.000000320. The van der Waals surface area contributed by atoms with Crippen LogP contribution >= 0.6 is 0 Å². The Morgan fingerprint density at radius 2 is 1.55 bits per heavy atom. The summed E-state index contributed by atoms with van der Waals surface area (Å²) in [6.45, 7) is 11.9. The van der Waals surface area contributed by atoms with Crippen LogP contribution in [0.4, 0.5) is 0 Å². The molecule has 0 fully saturated rings. The van der Waals surface area contributed by atoms with Crippen LogP contribution in [0, 0.1) is 21.3 Å². The first-order valence-electron chi connectivity index (χ1n) is 3.55. The van der Waals surface area contributed by atoms with Crippen molar-refractivity contribution < 1.29 is 32.7 Å². The minimum Gasteiger partial charge on any atom is -0.358 e. The summed E-state index contributed by atoms with van der Waals surface area (Å²) >= 11 is 0. The van der Waals surface area contributed by atoms with Gasteiger partial charge < -0.3 is 26.6 Å². The average molecular weight is 231 g/mol. The minimum absolute atomic E-state index is 0. The van der Waals surface area contributed by atoms with Gasteiger partial charge in [0, 0.05) is 6.04 Å². The van der Waals surface area contributed by atoms with Gasteiger partial charge in [0.15, 0.2) is 0 Å². The van der Waals surface area contributed by atoms with Gasteiger partial charge in [-0.2, -0.15) is 12.8 Å². The molecule has 2 heteroatoms. The van der Waals surface area contributed by atoms with E-state index in [1.807, 2.05) is 0 Å². The molecule has 0 spiro atoms. The zero-order valence-electron chi connectivity index (χ0n) is 8.06. The van der Waals surface area contributed by atoms with Gasteiger partial charge in [0.05, 0.1) is 0 Å². The summed E-state index contributed by atoms with van der Waals surface area (Å²) in [5.41, 5.74) is 0. The van der Waals surface area contributed by atoms with Crippen LogP contribution in [0.3, 0.4) is 0 Å². The van der Waals surface area contributed by atoms with Crippen LogP contribution in [0.15, 0.2) is 0 Å². The van der Waals surface area contributed by atoms with E-state index >= 15 is 0 Å². The Morgan fingerprint density at radius 3 is 1.64 bits per heavy atom. The molecule has 0 aromatic rings. The maximum Gasteiger partial charge on any atom is 3.00 e. The molecular formula is C9H20NY. The second-order valence-electron chi connectivity index (χ2n) is 2.60. The molecule has 11 heavy (non-hydrogen) atoms. The molecule has 0 amide bonds. The Morgan fingerprint density at radius 1 is 1.18 bits per heavy atom. The molecule has 0 bridgehead atoms. The molecule has 0 heterocycles. The second-order valence-corrected chi connectivity index (χ2v) is 2.60. The predicted octanol–water partition coefficient (Wildman–Crippen LogP) is 2.25. The summed E-state index contributed by atoms with van der Waals surface area (Å²) in [6.07, 6.45) is 1.86. The van der Waals surface area contributed by atoms with Gasteiger partial charge in [-0.1, -0.05) is 13.8 Å². The maximum atomic E-state index is 3.81. The van der Waals surface area contributed by atoms with Crippen LogP contribution in [0.1, 0.15) is 26.7 Å². The first kappa shape index (κ1) is 18.0. The summed E-state index contributed by atoms with van der Waals surface area (Å²) in [5.74, 6) is 0. The summed E-state index contributed by atoms with van der Waals surface area (Å²) in [5, 5.41) is 3.35. The second kappa shape index (κ2) is 11.1. The van der Waals surface area contributed by atoms with Crippen LogP contribution in [-0.2, 0) is 32.7 Å². The van der Waals surface area contributed by atoms with Gasteiger partial charge in [-0.3, -0.25) is 0 Å². The fourth-order valence-electron chi connectivity index (χ4n) is 0.782. The largest absolute Gasteiger partial charge is 3.00 e. The van der Waals surface area contributed by atoms with Gasteiger partial charge >= 0.3 is 32.7 Å². The smallest absolute Gasteiger partial charge is 0.358 e. The van der Waals surface area contributed by atoms with E-state index in [9.17, 15) is 0 Å². The zero-order valence-corrected chi connectivity index (χ0v) is 10.9. The average Bonchev–Trinajstić information content (AvgIpc) is 1.82. The standard InChI is InChI=1S/C8H17N.CH3.Y/c1-5-8(6-2)9-7(3)4;;/h7-9H,1-2,5-6H2,3-4H3;1H3;/q-2;-1;+3.